The fraction of sp³-hybridized carbons (Fsp3) is 0. The molecule has 0 saturated heterocycles. The maximum absolute atomic E-state index is 9.12. The van der Waals surface area contributed by atoms with E-state index in [1.165, 1.54) is 5.15 Å². The van der Waals surface area contributed by atoms with Gasteiger partial charge in [-0.25, -0.2) is 0 Å². The molecule has 0 heterocycles. The van der Waals surface area contributed by atoms with Crippen LogP contribution in [-0.2, 0) is 5.15 Å². The van der Waals surface area contributed by atoms with Crippen LogP contribution in [0, 0.1) is 29.2 Å². The minimum atomic E-state index is 0. The number of hydrogen-bond donors (Lipinski definition) is 0. The summed E-state index contributed by atoms with van der Waals surface area (Å²) in [5, 5.41) is 1.25. The van der Waals surface area contributed by atoms with Crippen molar-refractivity contribution in [2.45, 2.75) is 0 Å². The van der Waals surface area contributed by atoms with Crippen LogP contribution in [0.2, 0.25) is 0 Å². The average Bonchev–Trinajstić information content (AvgIpc) is 0.918. The summed E-state index contributed by atoms with van der Waals surface area (Å²) in [6.07, 6.45) is 0. The van der Waals surface area contributed by atoms with Crippen molar-refractivity contribution in [1.29, 1.82) is 0 Å². The molecular formula is F2OPu. The summed E-state index contributed by atoms with van der Waals surface area (Å²) in [4.78, 5) is 0. The third-order valence-electron chi connectivity index (χ3n) is 0. The second-order valence-corrected chi connectivity index (χ2v) is 0.0583. The largest absolute Gasteiger partial charge is 0.0209 e. The fourth-order valence-electron chi connectivity index (χ4n) is 0. The first-order valence-electron chi connectivity index (χ1n) is 0.309. The van der Waals surface area contributed by atoms with Gasteiger partial charge in [0, 0.05) is 34.3 Å². The monoisotopic (exact) mass is 292 g/mol. The molecule has 0 saturated carbocycles. The van der Waals surface area contributed by atoms with Crippen molar-refractivity contribution in [1.82, 2.24) is 0 Å². The molecule has 4 heteroatoms. The summed E-state index contributed by atoms with van der Waals surface area (Å²) in [5.74, 6) is 0. The molecule has 0 amide bonds. The first kappa shape index (κ1) is 8.84. The predicted octanol–water partition coefficient (Wildman–Crippen LogP) is 0.772. The van der Waals surface area contributed by atoms with Crippen molar-refractivity contribution in [2.75, 3.05) is 0 Å². The molecule has 0 atom stereocenters. The van der Waals surface area contributed by atoms with Gasteiger partial charge in [-0.1, -0.05) is 0 Å². The third-order valence-corrected chi connectivity index (χ3v) is 0. The zero-order chi connectivity index (χ0) is 2.71. The number of hydrogen-bond acceptors (Lipinski definition) is 1. The van der Waals surface area contributed by atoms with Gasteiger partial charge in [-0.3, -0.25) is 0 Å². The zero-order valence-electron chi connectivity index (χ0n) is 1.57. The number of rotatable bonds is 0. The molecule has 26 valence electrons. The van der Waals surface area contributed by atoms with E-state index in [2.05, 4.69) is 0 Å². The molecule has 0 aromatic rings. The Balaban J connectivity index is 0. The second-order valence-electron chi connectivity index (χ2n) is 0.0583. The van der Waals surface area contributed by atoms with E-state index >= 15 is 0 Å². The van der Waals surface area contributed by atoms with Gasteiger partial charge >= 0.3 is 0 Å². The Kier molecular flexibility index (Phi) is 20.3. The molecule has 0 bridgehead atoms. The zero-order valence-corrected chi connectivity index (χ0v) is 4.97. The van der Waals surface area contributed by atoms with E-state index in [0.717, 1.165) is 0 Å². The third kappa shape index (κ3) is 14.1. The summed E-state index contributed by atoms with van der Waals surface area (Å²) in [5.41, 5.74) is 0. The maximum Gasteiger partial charge on any atom is 0.0209 e. The molecule has 0 aromatic heterocycles. The van der Waals surface area contributed by atoms with Crippen LogP contribution < -0.4 is 0 Å². The van der Waals surface area contributed by atoms with Crippen LogP contribution in [0.4, 0.5) is 9.05 Å². The van der Waals surface area contributed by atoms with Crippen molar-refractivity contribution in [3.8, 4) is 0 Å². The Morgan fingerprint density at radius 3 is 1.25 bits per heavy atom. The smallest absolute Gasteiger partial charge is 0.0104 e. The normalized spacial score (nSPS) is 4.50. The Labute approximate surface area is 43.7 Å². The van der Waals surface area contributed by atoms with Crippen LogP contribution in [-0.4, -0.2) is 0 Å². The van der Waals surface area contributed by atoms with E-state index in [1.807, 2.05) is 0 Å². The van der Waals surface area contributed by atoms with Crippen molar-refractivity contribution >= 4 is 0 Å². The van der Waals surface area contributed by atoms with Gasteiger partial charge in [-0.2, -0.15) is 0 Å². The van der Waals surface area contributed by atoms with Crippen molar-refractivity contribution in [3.63, 3.8) is 0 Å². The molecule has 0 aliphatic heterocycles. The Morgan fingerprint density at radius 1 is 1.25 bits per heavy atom. The predicted molar refractivity (Wildman–Crippen MR) is 3.30 cm³/mol. The Hall–Kier alpha value is 0.807. The van der Waals surface area contributed by atoms with Crippen LogP contribution in [0.1, 0.15) is 0 Å². The first-order valence-corrected chi connectivity index (χ1v) is 0.309. The van der Waals surface area contributed by atoms with E-state index in [1.54, 1.807) is 0 Å². The van der Waals surface area contributed by atoms with Gasteiger partial charge in [0.25, 0.3) is 0 Å². The van der Waals surface area contributed by atoms with Gasteiger partial charge in [0.05, 0.1) is 0 Å². The molecule has 0 N–H and O–H groups in total. The molecule has 1 nitrogen and oxygen atoms in total. The van der Waals surface area contributed by atoms with Gasteiger partial charge in [0.15, 0.2) is 0 Å². The van der Waals surface area contributed by atoms with E-state index in [9.17, 15) is 0 Å². The first-order chi connectivity index (χ1) is 1.41. The van der Waals surface area contributed by atoms with E-state index in [4.69, 9.17) is 9.05 Å². The van der Waals surface area contributed by atoms with Gasteiger partial charge in [0.2, 0.25) is 0 Å². The van der Waals surface area contributed by atoms with Gasteiger partial charge in [-0.15, -0.1) is 0 Å². The summed E-state index contributed by atoms with van der Waals surface area (Å²) >= 11 is 0. The van der Waals surface area contributed by atoms with Gasteiger partial charge in [0.1, 0.15) is 0 Å². The maximum atomic E-state index is 9.12. The van der Waals surface area contributed by atoms with Crippen molar-refractivity contribution in [2.24, 2.45) is 0 Å². The molecule has 0 aromatic carbocycles. The molecule has 0 aliphatic rings. The molecule has 4 heavy (non-hydrogen) atoms. The Morgan fingerprint density at radius 2 is 1.25 bits per heavy atom. The van der Waals surface area contributed by atoms with Crippen LogP contribution >= 0.6 is 0 Å². The van der Waals surface area contributed by atoms with E-state index in [-0.39, 0.29) is 29.2 Å². The Bertz CT molecular complexity index is 6.00. The summed E-state index contributed by atoms with van der Waals surface area (Å²) in [6.45, 7) is 0. The molecule has 0 unspecified atom stereocenters. The minimum Gasteiger partial charge on any atom is -0.0104 e. The van der Waals surface area contributed by atoms with E-state index in [0.29, 0.717) is 0 Å². The van der Waals surface area contributed by atoms with Crippen molar-refractivity contribution < 1.29 is 43.4 Å². The number of halogens is 2. The topological polar surface area (TPSA) is 9.23 Å². The standard InChI is InChI=1S/F2O.Pu/c1-3-2;. The summed E-state index contributed by atoms with van der Waals surface area (Å²) in [7, 11) is 0. The van der Waals surface area contributed by atoms with Crippen LogP contribution in [0.5, 0.6) is 0 Å². The van der Waals surface area contributed by atoms with Gasteiger partial charge in [-0.05, 0) is 9.05 Å². The summed E-state index contributed by atoms with van der Waals surface area (Å²) < 4.78 is 18.2. The van der Waals surface area contributed by atoms with Crippen molar-refractivity contribution in [3.05, 3.63) is 0 Å². The molecule has 0 aliphatic carbocycles. The van der Waals surface area contributed by atoms with Crippen LogP contribution in [0.25, 0.3) is 0 Å². The second kappa shape index (κ2) is 9.19. The SMILES string of the molecule is FOF.[Pu]. The fourth-order valence-corrected chi connectivity index (χ4v) is 0. The van der Waals surface area contributed by atoms with Gasteiger partial charge < -0.3 is 0 Å². The molecule has 0 spiro atoms. The van der Waals surface area contributed by atoms with Crippen LogP contribution in [0.3, 0.4) is 0 Å². The molecule has 0 radical (unpaired) electrons. The van der Waals surface area contributed by atoms with Crippen LogP contribution in [0.15, 0.2) is 0 Å². The minimum absolute atomic E-state index is 0. The molecular weight excluding hydrogens is 298 g/mol. The molecule has 0 fully saturated rings. The molecule has 0 rings (SSSR count). The summed E-state index contributed by atoms with van der Waals surface area (Å²) in [6, 6.07) is 0. The van der Waals surface area contributed by atoms with E-state index < -0.39 is 0 Å². The average molecular weight is 298 g/mol. The quantitative estimate of drug-likeness (QED) is 0.642.